The topological polar surface area (TPSA) is 55.4 Å². The van der Waals surface area contributed by atoms with Gasteiger partial charge in [-0.3, -0.25) is 9.59 Å². The maximum absolute atomic E-state index is 12.8. The van der Waals surface area contributed by atoms with E-state index in [-0.39, 0.29) is 12.1 Å². The van der Waals surface area contributed by atoms with Gasteiger partial charge in [0, 0.05) is 5.69 Å². The Bertz CT molecular complexity index is 1050. The number of alkyl halides is 3. The lowest BCUT2D eigenvalue weighted by Gasteiger charge is -2.15. The number of benzene rings is 3. The van der Waals surface area contributed by atoms with E-state index >= 15 is 0 Å². The molecule has 0 aliphatic heterocycles. The van der Waals surface area contributed by atoms with Crippen LogP contribution >= 0.6 is 0 Å². The third-order valence-electron chi connectivity index (χ3n) is 4.54. The van der Waals surface area contributed by atoms with Crippen molar-refractivity contribution in [3.63, 3.8) is 0 Å². The molecular weight excluding hydrogens is 407 g/mol. The van der Waals surface area contributed by atoms with Crippen LogP contribution in [0.3, 0.4) is 0 Å². The summed E-state index contributed by atoms with van der Waals surface area (Å²) in [5.74, 6) is -1.33. The molecule has 0 saturated carbocycles. The van der Waals surface area contributed by atoms with E-state index in [0.29, 0.717) is 0 Å². The van der Waals surface area contributed by atoms with Gasteiger partial charge in [0.25, 0.3) is 5.91 Å². The first-order chi connectivity index (χ1) is 14.7. The number of anilines is 1. The highest BCUT2D eigenvalue weighted by atomic mass is 19.4. The SMILES string of the molecule is CC(OC(=O)Cc1ccc(-c2ccccc2)cc1)C(=O)Nc1cccc(C(F)(F)F)c1. The molecule has 0 aliphatic carbocycles. The average Bonchev–Trinajstić information content (AvgIpc) is 2.74. The Morgan fingerprint density at radius 3 is 2.19 bits per heavy atom. The first-order valence-corrected chi connectivity index (χ1v) is 9.54. The second-order valence-corrected chi connectivity index (χ2v) is 6.94. The molecule has 0 spiro atoms. The second-order valence-electron chi connectivity index (χ2n) is 6.94. The van der Waals surface area contributed by atoms with Crippen molar-refractivity contribution in [1.82, 2.24) is 0 Å². The van der Waals surface area contributed by atoms with Crippen LogP contribution in [0.15, 0.2) is 78.9 Å². The Morgan fingerprint density at radius 2 is 1.55 bits per heavy atom. The van der Waals surface area contributed by atoms with Gasteiger partial charge in [-0.2, -0.15) is 13.2 Å². The Kier molecular flexibility index (Phi) is 6.74. The van der Waals surface area contributed by atoms with E-state index in [0.717, 1.165) is 28.8 Å². The largest absolute Gasteiger partial charge is 0.452 e. The zero-order chi connectivity index (χ0) is 22.4. The van der Waals surface area contributed by atoms with E-state index in [2.05, 4.69) is 5.32 Å². The zero-order valence-electron chi connectivity index (χ0n) is 16.6. The van der Waals surface area contributed by atoms with Gasteiger partial charge in [-0.1, -0.05) is 60.7 Å². The van der Waals surface area contributed by atoms with E-state index in [1.165, 1.54) is 19.1 Å². The first-order valence-electron chi connectivity index (χ1n) is 9.54. The van der Waals surface area contributed by atoms with Crippen LogP contribution in [-0.4, -0.2) is 18.0 Å². The molecule has 1 unspecified atom stereocenters. The highest BCUT2D eigenvalue weighted by Gasteiger charge is 2.30. The first kappa shape index (κ1) is 22.1. The highest BCUT2D eigenvalue weighted by Crippen LogP contribution is 2.30. The van der Waals surface area contributed by atoms with Gasteiger partial charge in [0.15, 0.2) is 6.10 Å². The quantitative estimate of drug-likeness (QED) is 0.530. The number of halogens is 3. The standard InChI is InChI=1S/C24H20F3NO3/c1-16(23(30)28-21-9-5-8-20(15-21)24(25,26)27)31-22(29)14-17-10-12-19(13-11-17)18-6-3-2-4-7-18/h2-13,15-16H,14H2,1H3,(H,28,30). The number of carbonyl (C=O) groups is 2. The van der Waals surface area contributed by atoms with Crippen molar-refractivity contribution in [3.05, 3.63) is 90.0 Å². The van der Waals surface area contributed by atoms with Crippen LogP contribution in [0.25, 0.3) is 11.1 Å². The van der Waals surface area contributed by atoms with E-state index in [1.54, 1.807) is 12.1 Å². The van der Waals surface area contributed by atoms with Crippen LogP contribution in [0.1, 0.15) is 18.1 Å². The normalized spacial score (nSPS) is 12.1. The summed E-state index contributed by atoms with van der Waals surface area (Å²) >= 11 is 0. The van der Waals surface area contributed by atoms with E-state index in [9.17, 15) is 22.8 Å². The Hall–Kier alpha value is -3.61. The molecule has 160 valence electrons. The lowest BCUT2D eigenvalue weighted by atomic mass is 10.0. The van der Waals surface area contributed by atoms with E-state index in [4.69, 9.17) is 4.74 Å². The molecule has 3 aromatic rings. The van der Waals surface area contributed by atoms with Crippen molar-refractivity contribution < 1.29 is 27.5 Å². The number of ether oxygens (including phenoxy) is 1. The van der Waals surface area contributed by atoms with Crippen molar-refractivity contribution in [2.45, 2.75) is 25.6 Å². The Balaban J connectivity index is 1.55. The van der Waals surface area contributed by atoms with Crippen LogP contribution in [-0.2, 0) is 26.9 Å². The molecule has 0 radical (unpaired) electrons. The number of esters is 1. The molecule has 1 amide bonds. The third-order valence-corrected chi connectivity index (χ3v) is 4.54. The van der Waals surface area contributed by atoms with Crippen LogP contribution in [0.5, 0.6) is 0 Å². The Morgan fingerprint density at radius 1 is 0.903 bits per heavy atom. The minimum atomic E-state index is -4.52. The molecule has 4 nitrogen and oxygen atoms in total. The third kappa shape index (κ3) is 6.18. The summed E-state index contributed by atoms with van der Waals surface area (Å²) in [5.41, 5.74) is 1.87. The fourth-order valence-electron chi connectivity index (χ4n) is 2.92. The lowest BCUT2D eigenvalue weighted by Crippen LogP contribution is -2.30. The second kappa shape index (κ2) is 9.47. The molecule has 0 fully saturated rings. The molecular formula is C24H20F3NO3. The van der Waals surface area contributed by atoms with Gasteiger partial charge in [-0.15, -0.1) is 0 Å². The molecule has 3 rings (SSSR count). The number of rotatable bonds is 6. The fourth-order valence-corrected chi connectivity index (χ4v) is 2.92. The van der Waals surface area contributed by atoms with Gasteiger partial charge in [-0.25, -0.2) is 0 Å². The van der Waals surface area contributed by atoms with Crippen LogP contribution in [0.2, 0.25) is 0 Å². The zero-order valence-corrected chi connectivity index (χ0v) is 16.6. The molecule has 3 aromatic carbocycles. The summed E-state index contributed by atoms with van der Waals surface area (Å²) in [7, 11) is 0. The fraction of sp³-hybridized carbons (Fsp3) is 0.167. The minimum absolute atomic E-state index is 0.0285. The molecule has 31 heavy (non-hydrogen) atoms. The monoisotopic (exact) mass is 427 g/mol. The molecule has 7 heteroatoms. The molecule has 0 bridgehead atoms. The lowest BCUT2D eigenvalue weighted by molar-refractivity contribution is -0.152. The summed E-state index contributed by atoms with van der Waals surface area (Å²) in [4.78, 5) is 24.4. The van der Waals surface area contributed by atoms with Crippen molar-refractivity contribution in [2.75, 3.05) is 5.32 Å². The minimum Gasteiger partial charge on any atom is -0.452 e. The number of hydrogen-bond donors (Lipinski definition) is 1. The molecule has 0 aromatic heterocycles. The van der Waals surface area contributed by atoms with Gasteiger partial charge in [0.2, 0.25) is 0 Å². The smallest absolute Gasteiger partial charge is 0.416 e. The van der Waals surface area contributed by atoms with E-state index in [1.807, 2.05) is 42.5 Å². The predicted molar refractivity (Wildman–Crippen MR) is 111 cm³/mol. The molecule has 1 N–H and O–H groups in total. The average molecular weight is 427 g/mol. The number of nitrogens with one attached hydrogen (secondary N) is 1. The molecule has 0 heterocycles. The van der Waals surface area contributed by atoms with Crippen molar-refractivity contribution in [3.8, 4) is 11.1 Å². The van der Waals surface area contributed by atoms with Crippen LogP contribution in [0, 0.1) is 0 Å². The molecule has 0 aliphatic rings. The highest BCUT2D eigenvalue weighted by molar-refractivity contribution is 5.95. The summed E-state index contributed by atoms with van der Waals surface area (Å²) in [6.45, 7) is 1.36. The molecule has 1 atom stereocenters. The van der Waals surface area contributed by atoms with Crippen LogP contribution < -0.4 is 5.32 Å². The van der Waals surface area contributed by atoms with Crippen molar-refractivity contribution >= 4 is 17.6 Å². The number of hydrogen-bond acceptors (Lipinski definition) is 3. The molecule has 0 saturated heterocycles. The summed E-state index contributed by atoms with van der Waals surface area (Å²) in [5, 5.41) is 2.33. The van der Waals surface area contributed by atoms with Gasteiger partial charge >= 0.3 is 12.1 Å². The number of amides is 1. The van der Waals surface area contributed by atoms with E-state index < -0.39 is 29.7 Å². The van der Waals surface area contributed by atoms with Gasteiger partial charge in [-0.05, 0) is 41.8 Å². The summed E-state index contributed by atoms with van der Waals surface area (Å²) in [6.07, 6.45) is -5.71. The Labute approximate surface area is 177 Å². The van der Waals surface area contributed by atoms with Gasteiger partial charge < -0.3 is 10.1 Å². The van der Waals surface area contributed by atoms with Crippen LogP contribution in [0.4, 0.5) is 18.9 Å². The maximum Gasteiger partial charge on any atom is 0.416 e. The van der Waals surface area contributed by atoms with Crippen molar-refractivity contribution in [1.29, 1.82) is 0 Å². The van der Waals surface area contributed by atoms with Gasteiger partial charge in [0.05, 0.1) is 12.0 Å². The van der Waals surface area contributed by atoms with Crippen molar-refractivity contribution in [2.24, 2.45) is 0 Å². The maximum atomic E-state index is 12.8. The number of carbonyl (C=O) groups excluding carboxylic acids is 2. The van der Waals surface area contributed by atoms with Gasteiger partial charge in [0.1, 0.15) is 0 Å². The summed E-state index contributed by atoms with van der Waals surface area (Å²) < 4.78 is 43.5. The summed E-state index contributed by atoms with van der Waals surface area (Å²) in [6, 6.07) is 21.4. The predicted octanol–water partition coefficient (Wildman–Crippen LogP) is 5.49.